The van der Waals surface area contributed by atoms with E-state index in [9.17, 15) is 5.11 Å². The largest absolute Gasteiger partial charge is 0.506 e. The number of imidazole rings is 1. The number of aromatic nitrogens is 2. The predicted molar refractivity (Wildman–Crippen MR) is 68.2 cm³/mol. The Morgan fingerprint density at radius 3 is 2.65 bits per heavy atom. The van der Waals surface area contributed by atoms with Crippen molar-refractivity contribution in [3.8, 4) is 17.1 Å². The Balaban J connectivity index is 2.26. The van der Waals surface area contributed by atoms with Crippen molar-refractivity contribution in [3.63, 3.8) is 0 Å². The summed E-state index contributed by atoms with van der Waals surface area (Å²) in [5.74, 6) is 0.823. The van der Waals surface area contributed by atoms with Crippen molar-refractivity contribution in [3.05, 3.63) is 47.5 Å². The third-order valence-corrected chi connectivity index (χ3v) is 2.95. The molecule has 0 aliphatic carbocycles. The van der Waals surface area contributed by atoms with Crippen molar-refractivity contribution in [2.24, 2.45) is 0 Å². The van der Waals surface area contributed by atoms with Gasteiger partial charge in [-0.2, -0.15) is 0 Å². The number of benzene rings is 2. The van der Waals surface area contributed by atoms with Crippen LogP contribution in [-0.2, 0) is 0 Å². The van der Waals surface area contributed by atoms with E-state index in [-0.39, 0.29) is 5.75 Å². The number of nitrogens with one attached hydrogen (secondary N) is 1. The molecule has 0 amide bonds. The molecule has 0 spiro atoms. The third-order valence-electron chi connectivity index (χ3n) is 2.62. The summed E-state index contributed by atoms with van der Waals surface area (Å²) in [6.45, 7) is 0. The second kappa shape index (κ2) is 3.79. The van der Waals surface area contributed by atoms with E-state index in [1.165, 1.54) is 0 Å². The van der Waals surface area contributed by atoms with Crippen LogP contribution in [0.2, 0.25) is 5.02 Å². The molecular weight excluding hydrogens is 236 g/mol. The SMILES string of the molecule is Oc1cccc2[nH]c(-c3ccccc3Cl)nc12. The van der Waals surface area contributed by atoms with Gasteiger partial charge in [0.05, 0.1) is 10.5 Å². The van der Waals surface area contributed by atoms with Gasteiger partial charge in [0.2, 0.25) is 0 Å². The second-order valence-corrected chi connectivity index (χ2v) is 4.15. The summed E-state index contributed by atoms with van der Waals surface area (Å²) in [5, 5.41) is 10.3. The summed E-state index contributed by atoms with van der Waals surface area (Å²) in [4.78, 5) is 7.49. The molecule has 0 atom stereocenters. The molecule has 17 heavy (non-hydrogen) atoms. The van der Waals surface area contributed by atoms with Crippen molar-refractivity contribution in [1.29, 1.82) is 0 Å². The van der Waals surface area contributed by atoms with Crippen LogP contribution >= 0.6 is 11.6 Å². The maximum Gasteiger partial charge on any atom is 0.143 e. The Morgan fingerprint density at radius 2 is 1.88 bits per heavy atom. The van der Waals surface area contributed by atoms with Gasteiger partial charge in [-0.15, -0.1) is 0 Å². The molecule has 3 aromatic rings. The average Bonchev–Trinajstić information content (AvgIpc) is 2.75. The van der Waals surface area contributed by atoms with Gasteiger partial charge in [0.1, 0.15) is 17.1 Å². The normalized spacial score (nSPS) is 10.9. The first kappa shape index (κ1) is 10.2. The number of aromatic amines is 1. The zero-order chi connectivity index (χ0) is 11.8. The first-order valence-electron chi connectivity index (χ1n) is 5.18. The molecule has 3 nitrogen and oxygen atoms in total. The third kappa shape index (κ3) is 1.65. The fourth-order valence-electron chi connectivity index (χ4n) is 1.80. The fraction of sp³-hybridized carbons (Fsp3) is 0. The lowest BCUT2D eigenvalue weighted by atomic mass is 10.2. The second-order valence-electron chi connectivity index (χ2n) is 3.74. The molecule has 0 aliphatic rings. The van der Waals surface area contributed by atoms with Crippen LogP contribution in [0, 0.1) is 0 Å². The van der Waals surface area contributed by atoms with Gasteiger partial charge >= 0.3 is 0 Å². The van der Waals surface area contributed by atoms with E-state index in [2.05, 4.69) is 9.97 Å². The van der Waals surface area contributed by atoms with Crippen LogP contribution in [0.3, 0.4) is 0 Å². The van der Waals surface area contributed by atoms with E-state index in [1.54, 1.807) is 12.1 Å². The molecule has 0 radical (unpaired) electrons. The number of aromatic hydroxyl groups is 1. The molecule has 0 saturated heterocycles. The molecule has 2 aromatic carbocycles. The van der Waals surface area contributed by atoms with Crippen molar-refractivity contribution < 1.29 is 5.11 Å². The molecule has 2 N–H and O–H groups in total. The topological polar surface area (TPSA) is 48.9 Å². The molecule has 0 unspecified atom stereocenters. The standard InChI is InChI=1S/C13H9ClN2O/c14-9-5-2-1-4-8(9)13-15-10-6-3-7-11(17)12(10)16-13/h1-7,17H,(H,15,16). The maximum absolute atomic E-state index is 9.69. The number of para-hydroxylation sites is 1. The first-order valence-corrected chi connectivity index (χ1v) is 5.56. The molecule has 1 aromatic heterocycles. The summed E-state index contributed by atoms with van der Waals surface area (Å²) >= 11 is 6.10. The Kier molecular flexibility index (Phi) is 2.27. The molecule has 3 rings (SSSR count). The van der Waals surface area contributed by atoms with Crippen LogP contribution in [0.5, 0.6) is 5.75 Å². The predicted octanol–water partition coefficient (Wildman–Crippen LogP) is 3.59. The van der Waals surface area contributed by atoms with Crippen molar-refractivity contribution in [2.45, 2.75) is 0 Å². The van der Waals surface area contributed by atoms with Crippen LogP contribution in [0.25, 0.3) is 22.4 Å². The maximum atomic E-state index is 9.69. The van der Waals surface area contributed by atoms with E-state index in [4.69, 9.17) is 11.6 Å². The summed E-state index contributed by atoms with van der Waals surface area (Å²) < 4.78 is 0. The highest BCUT2D eigenvalue weighted by atomic mass is 35.5. The summed E-state index contributed by atoms with van der Waals surface area (Å²) in [5.41, 5.74) is 2.17. The Bertz CT molecular complexity index is 691. The average molecular weight is 245 g/mol. The summed E-state index contributed by atoms with van der Waals surface area (Å²) in [6.07, 6.45) is 0. The van der Waals surface area contributed by atoms with Gasteiger partial charge < -0.3 is 10.1 Å². The van der Waals surface area contributed by atoms with Crippen LogP contribution < -0.4 is 0 Å². The Morgan fingerprint density at radius 1 is 1.06 bits per heavy atom. The van der Waals surface area contributed by atoms with Crippen LogP contribution in [0.1, 0.15) is 0 Å². The zero-order valence-corrected chi connectivity index (χ0v) is 9.57. The van der Waals surface area contributed by atoms with Gasteiger partial charge in [-0.3, -0.25) is 0 Å². The minimum atomic E-state index is 0.164. The number of fused-ring (bicyclic) bond motifs is 1. The van der Waals surface area contributed by atoms with Crippen molar-refractivity contribution in [2.75, 3.05) is 0 Å². The first-order chi connectivity index (χ1) is 8.25. The van der Waals surface area contributed by atoms with Crippen LogP contribution in [0.15, 0.2) is 42.5 Å². The van der Waals surface area contributed by atoms with Gasteiger partial charge in [0, 0.05) is 5.56 Å². The van der Waals surface area contributed by atoms with Crippen LogP contribution in [-0.4, -0.2) is 15.1 Å². The quantitative estimate of drug-likeness (QED) is 0.687. The lowest BCUT2D eigenvalue weighted by Gasteiger charge is -1.98. The van der Waals surface area contributed by atoms with Gasteiger partial charge in [-0.25, -0.2) is 4.98 Å². The van der Waals surface area contributed by atoms with Gasteiger partial charge in [-0.1, -0.05) is 29.8 Å². The molecule has 0 aliphatic heterocycles. The van der Waals surface area contributed by atoms with Crippen LogP contribution in [0.4, 0.5) is 0 Å². The van der Waals surface area contributed by atoms with Crippen molar-refractivity contribution in [1.82, 2.24) is 9.97 Å². The number of phenols is 1. The van der Waals surface area contributed by atoms with Gasteiger partial charge in [0.15, 0.2) is 0 Å². The number of hydrogen-bond acceptors (Lipinski definition) is 2. The molecule has 84 valence electrons. The Labute approximate surface area is 103 Å². The number of halogens is 1. The highest BCUT2D eigenvalue weighted by Crippen LogP contribution is 2.29. The molecule has 0 fully saturated rings. The van der Waals surface area contributed by atoms with Gasteiger partial charge in [0.25, 0.3) is 0 Å². The molecule has 1 heterocycles. The van der Waals surface area contributed by atoms with E-state index in [0.717, 1.165) is 11.1 Å². The summed E-state index contributed by atoms with van der Waals surface area (Å²) in [7, 11) is 0. The Hall–Kier alpha value is -2.00. The zero-order valence-electron chi connectivity index (χ0n) is 8.81. The summed E-state index contributed by atoms with van der Waals surface area (Å²) in [6, 6.07) is 12.7. The van der Waals surface area contributed by atoms with E-state index < -0.39 is 0 Å². The van der Waals surface area contributed by atoms with E-state index in [1.807, 2.05) is 30.3 Å². The minimum Gasteiger partial charge on any atom is -0.506 e. The number of rotatable bonds is 1. The minimum absolute atomic E-state index is 0.164. The van der Waals surface area contributed by atoms with Gasteiger partial charge in [-0.05, 0) is 24.3 Å². The number of H-pyrrole nitrogens is 1. The molecule has 4 heteroatoms. The lowest BCUT2D eigenvalue weighted by Crippen LogP contribution is -1.80. The molecule has 0 bridgehead atoms. The fourth-order valence-corrected chi connectivity index (χ4v) is 2.02. The number of nitrogens with zero attached hydrogens (tertiary/aromatic N) is 1. The number of phenolic OH excluding ortho intramolecular Hbond substituents is 1. The monoisotopic (exact) mass is 244 g/mol. The highest BCUT2D eigenvalue weighted by Gasteiger charge is 2.10. The smallest absolute Gasteiger partial charge is 0.143 e. The van der Waals surface area contributed by atoms with E-state index in [0.29, 0.717) is 16.4 Å². The lowest BCUT2D eigenvalue weighted by molar-refractivity contribution is 0.480. The highest BCUT2D eigenvalue weighted by molar-refractivity contribution is 6.33. The van der Waals surface area contributed by atoms with E-state index >= 15 is 0 Å². The van der Waals surface area contributed by atoms with Crippen molar-refractivity contribution >= 4 is 22.6 Å². The molecular formula is C13H9ClN2O. The number of hydrogen-bond donors (Lipinski definition) is 2. The molecule has 0 saturated carbocycles.